The molecule has 0 radical (unpaired) electrons. The molecule has 0 N–H and O–H groups in total. The maximum absolute atomic E-state index is 7.00. The van der Waals surface area contributed by atoms with Gasteiger partial charge in [-0.15, -0.1) is 0 Å². The molecule has 0 atom stereocenters. The monoisotopic (exact) mass is 741 g/mol. The predicted molar refractivity (Wildman–Crippen MR) is 235 cm³/mol. The van der Waals surface area contributed by atoms with Crippen molar-refractivity contribution in [2.24, 2.45) is 0 Å². The summed E-state index contributed by atoms with van der Waals surface area (Å²) in [5, 5.41) is 0. The Hall–Kier alpha value is -7.62. The second-order valence-corrected chi connectivity index (χ2v) is 15.2. The first-order valence-electron chi connectivity index (χ1n) is 19.8. The highest BCUT2D eigenvalue weighted by Gasteiger charge is 2.52. The molecule has 1 heterocycles. The summed E-state index contributed by atoms with van der Waals surface area (Å²) in [6, 6.07) is 75.8. The van der Waals surface area contributed by atoms with Gasteiger partial charge in [-0.05, 0) is 104 Å². The lowest BCUT2D eigenvalue weighted by Gasteiger charge is -2.32. The van der Waals surface area contributed by atoms with Gasteiger partial charge in [0.2, 0.25) is 0 Å². The van der Waals surface area contributed by atoms with Gasteiger partial charge in [0.25, 0.3) is 0 Å². The van der Waals surface area contributed by atoms with E-state index in [0.717, 1.165) is 33.8 Å². The number of rotatable bonds is 5. The van der Waals surface area contributed by atoms with Crippen LogP contribution in [0.15, 0.2) is 212 Å². The van der Waals surface area contributed by atoms with Crippen LogP contribution >= 0.6 is 0 Å². The van der Waals surface area contributed by atoms with Crippen LogP contribution in [0, 0.1) is 0 Å². The molecule has 0 amide bonds. The van der Waals surface area contributed by atoms with Gasteiger partial charge in [0.1, 0.15) is 0 Å². The average molecular weight is 742 g/mol. The fourth-order valence-corrected chi connectivity index (χ4v) is 9.71. The van der Waals surface area contributed by atoms with Crippen LogP contribution in [0.3, 0.4) is 0 Å². The number of anilines is 3. The molecular weight excluding hydrogens is 707 g/mol. The average Bonchev–Trinajstić information content (AvgIpc) is 3.75. The standard InChI is InChI=1S/C55H35NO2/c1-3-16-36(17-4-1)38-20-15-21-39(32-38)56(50-29-14-10-22-41(50)37-18-5-2-6-19-37)40-30-31-51-52(33-40)58-54-35-49-45(34-53(54)57-51)44-25-9-13-28-48(44)55(49)46-26-11-7-23-42(46)43-24-8-12-27-47(43)55/h1-35H. The molecule has 2 aliphatic carbocycles. The van der Waals surface area contributed by atoms with E-state index in [2.05, 4.69) is 211 Å². The second-order valence-electron chi connectivity index (χ2n) is 15.2. The zero-order chi connectivity index (χ0) is 38.2. The molecule has 12 rings (SSSR count). The lowest BCUT2D eigenvalue weighted by atomic mass is 9.70. The second kappa shape index (κ2) is 12.7. The van der Waals surface area contributed by atoms with Crippen LogP contribution in [0.2, 0.25) is 0 Å². The van der Waals surface area contributed by atoms with Gasteiger partial charge in [0, 0.05) is 17.3 Å². The Balaban J connectivity index is 1.02. The van der Waals surface area contributed by atoms with Crippen LogP contribution in [-0.2, 0) is 5.41 Å². The van der Waals surface area contributed by atoms with Crippen LogP contribution in [-0.4, -0.2) is 0 Å². The van der Waals surface area contributed by atoms with Crippen molar-refractivity contribution in [2.75, 3.05) is 4.90 Å². The smallest absolute Gasteiger partial charge is 0.172 e. The van der Waals surface area contributed by atoms with E-state index in [1.54, 1.807) is 0 Å². The highest BCUT2D eigenvalue weighted by molar-refractivity contribution is 5.96. The minimum Gasteiger partial charge on any atom is -0.449 e. The van der Waals surface area contributed by atoms with Gasteiger partial charge in [-0.1, -0.05) is 164 Å². The number of hydrogen-bond donors (Lipinski definition) is 0. The van der Waals surface area contributed by atoms with E-state index in [-0.39, 0.29) is 0 Å². The van der Waals surface area contributed by atoms with Crippen molar-refractivity contribution >= 4 is 17.1 Å². The predicted octanol–water partition coefficient (Wildman–Crippen LogP) is 14.7. The lowest BCUT2D eigenvalue weighted by Crippen LogP contribution is -2.25. The van der Waals surface area contributed by atoms with Gasteiger partial charge in [-0.2, -0.15) is 0 Å². The van der Waals surface area contributed by atoms with E-state index in [1.807, 2.05) is 6.07 Å². The van der Waals surface area contributed by atoms with Crippen molar-refractivity contribution in [1.82, 2.24) is 0 Å². The van der Waals surface area contributed by atoms with E-state index in [9.17, 15) is 0 Å². The first kappa shape index (κ1) is 32.6. The Morgan fingerprint density at radius 3 is 1.48 bits per heavy atom. The largest absolute Gasteiger partial charge is 0.449 e. The minimum absolute atomic E-state index is 0.471. The van der Waals surface area contributed by atoms with Crippen molar-refractivity contribution in [1.29, 1.82) is 0 Å². The highest BCUT2D eigenvalue weighted by Crippen LogP contribution is 2.64. The van der Waals surface area contributed by atoms with Gasteiger partial charge >= 0.3 is 0 Å². The van der Waals surface area contributed by atoms with Gasteiger partial charge in [-0.25, -0.2) is 0 Å². The molecule has 272 valence electrons. The summed E-state index contributed by atoms with van der Waals surface area (Å²) in [6.07, 6.45) is 0. The van der Waals surface area contributed by atoms with Crippen molar-refractivity contribution in [3.05, 3.63) is 235 Å². The summed E-state index contributed by atoms with van der Waals surface area (Å²) >= 11 is 0. The van der Waals surface area contributed by atoms with Crippen LogP contribution < -0.4 is 14.4 Å². The van der Waals surface area contributed by atoms with E-state index >= 15 is 0 Å². The molecule has 3 nitrogen and oxygen atoms in total. The van der Waals surface area contributed by atoms with Gasteiger partial charge in [0.15, 0.2) is 23.0 Å². The number of ether oxygens (including phenoxy) is 2. The summed E-state index contributed by atoms with van der Waals surface area (Å²) in [6.45, 7) is 0. The van der Waals surface area contributed by atoms with E-state index < -0.39 is 5.41 Å². The van der Waals surface area contributed by atoms with Crippen LogP contribution in [0.5, 0.6) is 23.0 Å². The molecular formula is C55H35NO2. The van der Waals surface area contributed by atoms with Crippen molar-refractivity contribution in [3.63, 3.8) is 0 Å². The SMILES string of the molecule is c1ccc(-c2cccc(N(c3ccc4c(c3)Oc3cc5c(cc3O4)-c3ccccc3C53c4ccccc4-c4ccccc43)c3ccccc3-c3ccccc3)c2)cc1. The van der Waals surface area contributed by atoms with E-state index in [4.69, 9.17) is 9.47 Å². The molecule has 0 unspecified atom stereocenters. The lowest BCUT2D eigenvalue weighted by molar-refractivity contribution is 0.359. The summed E-state index contributed by atoms with van der Waals surface area (Å²) in [5.74, 6) is 2.78. The Morgan fingerprint density at radius 1 is 0.293 bits per heavy atom. The first-order chi connectivity index (χ1) is 28.8. The summed E-state index contributed by atoms with van der Waals surface area (Å²) in [7, 11) is 0. The molecule has 9 aromatic carbocycles. The fourth-order valence-electron chi connectivity index (χ4n) is 9.71. The molecule has 0 bridgehead atoms. The summed E-state index contributed by atoms with van der Waals surface area (Å²) in [5.41, 5.74) is 17.2. The number of para-hydroxylation sites is 1. The third-order valence-corrected chi connectivity index (χ3v) is 12.1. The molecule has 0 saturated carbocycles. The molecule has 0 aromatic heterocycles. The summed E-state index contributed by atoms with van der Waals surface area (Å²) in [4.78, 5) is 2.33. The van der Waals surface area contributed by atoms with E-state index in [1.165, 1.54) is 50.1 Å². The molecule has 9 aromatic rings. The molecule has 3 heteroatoms. The van der Waals surface area contributed by atoms with Crippen LogP contribution in [0.4, 0.5) is 17.1 Å². The van der Waals surface area contributed by atoms with Gasteiger partial charge < -0.3 is 14.4 Å². The number of fused-ring (bicyclic) bond motifs is 12. The molecule has 58 heavy (non-hydrogen) atoms. The zero-order valence-electron chi connectivity index (χ0n) is 31.5. The maximum Gasteiger partial charge on any atom is 0.172 e. The molecule has 1 spiro atoms. The summed E-state index contributed by atoms with van der Waals surface area (Å²) < 4.78 is 13.8. The minimum atomic E-state index is -0.471. The molecule has 1 aliphatic heterocycles. The van der Waals surface area contributed by atoms with E-state index in [0.29, 0.717) is 23.0 Å². The van der Waals surface area contributed by atoms with Crippen LogP contribution in [0.25, 0.3) is 44.5 Å². The Labute approximate surface area is 337 Å². The van der Waals surface area contributed by atoms with Crippen molar-refractivity contribution in [3.8, 4) is 67.5 Å². The topological polar surface area (TPSA) is 21.7 Å². The van der Waals surface area contributed by atoms with Gasteiger partial charge in [0.05, 0.1) is 16.8 Å². The molecule has 0 fully saturated rings. The Morgan fingerprint density at radius 2 is 0.793 bits per heavy atom. The molecule has 0 saturated heterocycles. The number of hydrogen-bond acceptors (Lipinski definition) is 3. The Bertz CT molecular complexity index is 3030. The van der Waals surface area contributed by atoms with Crippen molar-refractivity contribution < 1.29 is 9.47 Å². The highest BCUT2D eigenvalue weighted by atomic mass is 16.6. The van der Waals surface area contributed by atoms with Gasteiger partial charge in [-0.3, -0.25) is 0 Å². The third kappa shape index (κ3) is 4.74. The zero-order valence-corrected chi connectivity index (χ0v) is 31.5. The molecule has 3 aliphatic rings. The number of nitrogens with zero attached hydrogens (tertiary/aromatic N) is 1. The first-order valence-corrected chi connectivity index (χ1v) is 19.8. The maximum atomic E-state index is 7.00. The van der Waals surface area contributed by atoms with Crippen molar-refractivity contribution in [2.45, 2.75) is 5.41 Å². The quantitative estimate of drug-likeness (QED) is 0.175. The Kier molecular flexibility index (Phi) is 7.14. The number of benzene rings is 9. The fraction of sp³-hybridized carbons (Fsp3) is 0.0182. The normalized spacial score (nSPS) is 13.2. The third-order valence-electron chi connectivity index (χ3n) is 12.1. The van der Waals surface area contributed by atoms with Crippen LogP contribution in [0.1, 0.15) is 22.3 Å².